The van der Waals surface area contributed by atoms with Gasteiger partial charge >= 0.3 is 5.97 Å². The molecule has 282 valence electrons. The minimum Gasteiger partial charge on any atom is -0.481 e. The molecular weight excluding hydrogens is 694 g/mol. The molecule has 49 heavy (non-hydrogen) atoms. The molecule has 1 rings (SSSR count). The van der Waals surface area contributed by atoms with E-state index in [9.17, 15) is 19.8 Å². The Morgan fingerprint density at radius 1 is 1.00 bits per heavy atom. The van der Waals surface area contributed by atoms with Gasteiger partial charge in [0.05, 0.1) is 48.6 Å². The van der Waals surface area contributed by atoms with Crippen molar-refractivity contribution in [3.05, 3.63) is 32.8 Å². The Kier molecular flexibility index (Phi) is 16.9. The number of aliphatic hydroxyl groups is 1. The summed E-state index contributed by atoms with van der Waals surface area (Å²) in [6.07, 6.45) is 1.77. The number of carbonyl (C=O) groups is 2. The summed E-state index contributed by atoms with van der Waals surface area (Å²) in [6, 6.07) is 0. The summed E-state index contributed by atoms with van der Waals surface area (Å²) in [5.41, 5.74) is 0.548. The van der Waals surface area contributed by atoms with Gasteiger partial charge in [-0.05, 0) is 68.2 Å². The van der Waals surface area contributed by atoms with Gasteiger partial charge in [-0.15, -0.1) is 11.3 Å². The van der Waals surface area contributed by atoms with Crippen LogP contribution < -0.4 is 0 Å². The maximum atomic E-state index is 14.5. The maximum absolute atomic E-state index is 14.5. The first-order valence-electron chi connectivity index (χ1n) is 17.4. The molecule has 0 aliphatic rings. The molecule has 0 bridgehead atoms. The van der Waals surface area contributed by atoms with E-state index in [1.807, 2.05) is 53.0 Å². The molecule has 0 spiro atoms. The standard InChI is InChI=1S/C37H66ClNO7SSi2/c1-24(19-29-23-47-27(4)39-29)30(40)18-17-28(38)22-44-21-25(2)33(46-49(15,16)36(8,9)10)26(3)34(43)37(11,12)31(20-32(41)42)45-48(13,14)35(5,6)7/h17,19,23,25-26,30-31,33,40H,18,20-22H2,1-16H3,(H,41,42)/b24-19+,28-17+/t25-,26+,30?,31-,33-/m0/s1. The molecule has 0 radical (unpaired) electrons. The van der Waals surface area contributed by atoms with Gasteiger partial charge in [0.1, 0.15) is 5.78 Å². The van der Waals surface area contributed by atoms with Gasteiger partial charge in [-0.25, -0.2) is 4.98 Å². The van der Waals surface area contributed by atoms with Gasteiger partial charge < -0.3 is 23.8 Å². The highest BCUT2D eigenvalue weighted by molar-refractivity contribution is 7.09. The first-order chi connectivity index (χ1) is 22.0. The number of thiazole rings is 1. The van der Waals surface area contributed by atoms with Crippen LogP contribution in [-0.2, 0) is 23.2 Å². The number of hydrogen-bond donors (Lipinski definition) is 2. The first-order valence-corrected chi connectivity index (χ1v) is 24.4. The summed E-state index contributed by atoms with van der Waals surface area (Å²) in [7, 11) is -4.74. The highest BCUT2D eigenvalue weighted by Gasteiger charge is 2.50. The van der Waals surface area contributed by atoms with E-state index in [0.29, 0.717) is 18.1 Å². The van der Waals surface area contributed by atoms with Gasteiger partial charge in [-0.2, -0.15) is 0 Å². The molecular formula is C37H66ClNO7SSi2. The number of carboxylic acids is 1. The lowest BCUT2D eigenvalue weighted by Crippen LogP contribution is -2.54. The maximum Gasteiger partial charge on any atom is 0.305 e. The molecule has 12 heteroatoms. The normalized spacial score (nSPS) is 17.4. The zero-order valence-corrected chi connectivity index (χ0v) is 36.7. The number of Topliss-reactive ketones (excluding diaryl/α,β-unsaturated/α-hetero) is 1. The second-order valence-electron chi connectivity index (χ2n) is 17.3. The van der Waals surface area contributed by atoms with Crippen molar-refractivity contribution in [1.82, 2.24) is 4.98 Å². The molecule has 0 saturated heterocycles. The fourth-order valence-corrected chi connectivity index (χ4v) is 8.60. The lowest BCUT2D eigenvalue weighted by molar-refractivity contribution is -0.146. The monoisotopic (exact) mass is 759 g/mol. The fraction of sp³-hybridized carbons (Fsp3) is 0.757. The van der Waals surface area contributed by atoms with Gasteiger partial charge in [-0.3, -0.25) is 9.59 Å². The minimum absolute atomic E-state index is 0.0869. The van der Waals surface area contributed by atoms with E-state index in [2.05, 4.69) is 72.7 Å². The summed E-state index contributed by atoms with van der Waals surface area (Å²) in [4.78, 5) is 31.0. The SMILES string of the molecule is C/C(=C\c1csc(C)n1)C(O)C/C=C(/Cl)COC[C@H](C)[C@H](O[Si](C)(C)C(C)(C)C)[C@@H](C)C(=O)C(C)(C)[C@H](CC(=O)O)O[Si](C)(C)C(C)(C)C. The predicted molar refractivity (Wildman–Crippen MR) is 209 cm³/mol. The number of ether oxygens (including phenoxy) is 1. The first kappa shape index (κ1) is 45.8. The molecule has 0 saturated carbocycles. The zero-order valence-electron chi connectivity index (χ0n) is 33.1. The summed E-state index contributed by atoms with van der Waals surface area (Å²) in [6.45, 7) is 33.1. The summed E-state index contributed by atoms with van der Waals surface area (Å²) in [5, 5.41) is 23.7. The Labute approximate surface area is 308 Å². The molecule has 0 fully saturated rings. The molecule has 1 aromatic heterocycles. The second-order valence-corrected chi connectivity index (χ2v) is 28.3. The Hall–Kier alpha value is -1.19. The minimum atomic E-state index is -2.40. The topological polar surface area (TPSA) is 115 Å². The van der Waals surface area contributed by atoms with Crippen molar-refractivity contribution >= 4 is 57.4 Å². The Bertz CT molecular complexity index is 1310. The van der Waals surface area contributed by atoms with Gasteiger partial charge in [0.15, 0.2) is 16.6 Å². The van der Waals surface area contributed by atoms with Crippen molar-refractivity contribution in [3.8, 4) is 0 Å². The van der Waals surface area contributed by atoms with Crippen LogP contribution in [0.1, 0.15) is 99.7 Å². The number of rotatable bonds is 19. The molecule has 0 amide bonds. The number of carboxylic acid groups (broad SMARTS) is 1. The molecule has 0 aliphatic carbocycles. The summed E-state index contributed by atoms with van der Waals surface area (Å²) >= 11 is 8.08. The third-order valence-electron chi connectivity index (χ3n) is 10.5. The Balaban J connectivity index is 3.20. The predicted octanol–water partition coefficient (Wildman–Crippen LogP) is 9.87. The number of aryl methyl sites for hydroxylation is 1. The molecule has 0 aromatic carbocycles. The molecule has 5 atom stereocenters. The Morgan fingerprint density at radius 3 is 2.00 bits per heavy atom. The molecule has 2 N–H and O–H groups in total. The number of aliphatic hydroxyl groups excluding tert-OH is 1. The molecule has 1 heterocycles. The van der Waals surface area contributed by atoms with Crippen LogP contribution in [0.15, 0.2) is 22.1 Å². The average molecular weight is 761 g/mol. The van der Waals surface area contributed by atoms with Crippen LogP contribution in [0.2, 0.25) is 36.3 Å². The van der Waals surface area contributed by atoms with E-state index < -0.39 is 52.2 Å². The van der Waals surface area contributed by atoms with Gasteiger partial charge in [0.25, 0.3) is 0 Å². The number of ketones is 1. The zero-order chi connectivity index (χ0) is 38.3. The van der Waals surface area contributed by atoms with Crippen LogP contribution in [0, 0.1) is 24.2 Å². The van der Waals surface area contributed by atoms with Crippen molar-refractivity contribution in [2.45, 2.75) is 151 Å². The highest BCUT2D eigenvalue weighted by Crippen LogP contribution is 2.43. The van der Waals surface area contributed by atoms with E-state index in [0.717, 1.165) is 16.3 Å². The number of aromatic nitrogens is 1. The van der Waals surface area contributed by atoms with Gasteiger partial charge in [0.2, 0.25) is 0 Å². The second kappa shape index (κ2) is 18.0. The van der Waals surface area contributed by atoms with Crippen LogP contribution in [0.5, 0.6) is 0 Å². The van der Waals surface area contributed by atoms with Crippen molar-refractivity contribution in [3.63, 3.8) is 0 Å². The number of carbonyl (C=O) groups excluding carboxylic acids is 1. The molecule has 1 unspecified atom stereocenters. The third-order valence-corrected chi connectivity index (χ3v) is 20.5. The molecule has 1 aromatic rings. The van der Waals surface area contributed by atoms with Crippen molar-refractivity contribution < 1.29 is 33.4 Å². The summed E-state index contributed by atoms with van der Waals surface area (Å²) < 4.78 is 19.7. The van der Waals surface area contributed by atoms with Crippen LogP contribution in [0.4, 0.5) is 0 Å². The fourth-order valence-electron chi connectivity index (χ4n) is 4.96. The lowest BCUT2D eigenvalue weighted by atomic mass is 9.73. The molecule has 8 nitrogen and oxygen atoms in total. The van der Waals surface area contributed by atoms with Crippen LogP contribution >= 0.6 is 22.9 Å². The number of hydrogen-bond acceptors (Lipinski definition) is 8. The number of nitrogens with zero attached hydrogens (tertiary/aromatic N) is 1. The van der Waals surface area contributed by atoms with Gasteiger partial charge in [-0.1, -0.05) is 86.9 Å². The van der Waals surface area contributed by atoms with E-state index >= 15 is 0 Å². The van der Waals surface area contributed by atoms with Gasteiger partial charge in [0, 0.05) is 27.7 Å². The van der Waals surface area contributed by atoms with Crippen molar-refractivity contribution in [2.24, 2.45) is 17.3 Å². The quantitative estimate of drug-likeness (QED) is 0.134. The van der Waals surface area contributed by atoms with E-state index in [4.69, 9.17) is 25.2 Å². The van der Waals surface area contributed by atoms with Crippen LogP contribution in [0.25, 0.3) is 6.08 Å². The third kappa shape index (κ3) is 13.7. The summed E-state index contributed by atoms with van der Waals surface area (Å²) in [5.74, 6) is -1.81. The van der Waals surface area contributed by atoms with Crippen molar-refractivity contribution in [2.75, 3.05) is 13.2 Å². The molecule has 0 aliphatic heterocycles. The van der Waals surface area contributed by atoms with Crippen LogP contribution in [-0.4, -0.2) is 75.1 Å². The smallest absolute Gasteiger partial charge is 0.305 e. The van der Waals surface area contributed by atoms with E-state index in [1.54, 1.807) is 17.4 Å². The number of halogens is 1. The Morgan fingerprint density at radius 2 is 1.53 bits per heavy atom. The van der Waals surface area contributed by atoms with Crippen molar-refractivity contribution in [1.29, 1.82) is 0 Å². The van der Waals surface area contributed by atoms with E-state index in [1.165, 1.54) is 0 Å². The van der Waals surface area contributed by atoms with Crippen LogP contribution in [0.3, 0.4) is 0 Å². The lowest BCUT2D eigenvalue weighted by Gasteiger charge is -2.46. The number of aliphatic carboxylic acids is 1. The largest absolute Gasteiger partial charge is 0.481 e. The highest BCUT2D eigenvalue weighted by atomic mass is 35.5. The average Bonchev–Trinajstić information content (AvgIpc) is 3.35. The van der Waals surface area contributed by atoms with E-state index in [-0.39, 0.29) is 34.8 Å².